The average Bonchev–Trinajstić information content (AvgIpc) is 3.44. The first-order valence-corrected chi connectivity index (χ1v) is 14.7. The van der Waals surface area contributed by atoms with Gasteiger partial charge in [-0.3, -0.25) is 4.79 Å². The number of fused-ring (bicyclic) bond motifs is 2. The van der Waals surface area contributed by atoms with Gasteiger partial charge in [0.1, 0.15) is 5.82 Å². The van der Waals surface area contributed by atoms with Gasteiger partial charge in [0.05, 0.1) is 16.3 Å². The van der Waals surface area contributed by atoms with E-state index in [1.54, 1.807) is 22.5 Å². The molecule has 0 aliphatic carbocycles. The highest BCUT2D eigenvalue weighted by Gasteiger charge is 2.28. The van der Waals surface area contributed by atoms with E-state index in [0.29, 0.717) is 36.8 Å². The van der Waals surface area contributed by atoms with Crippen molar-refractivity contribution in [2.45, 2.75) is 43.5 Å². The minimum atomic E-state index is -3.49. The Morgan fingerprint density at radius 3 is 2.66 bits per heavy atom. The van der Waals surface area contributed by atoms with Gasteiger partial charge in [-0.05, 0) is 73.7 Å². The lowest BCUT2D eigenvalue weighted by molar-refractivity contribution is -0.125. The average molecular weight is 537 g/mol. The van der Waals surface area contributed by atoms with Crippen LogP contribution in [0.1, 0.15) is 37.7 Å². The highest BCUT2D eigenvalue weighted by molar-refractivity contribution is 7.89. The number of sulfonamides is 1. The van der Waals surface area contributed by atoms with E-state index in [0.717, 1.165) is 66.7 Å². The molecule has 200 valence electrons. The molecular formula is C28H32N4O5S. The van der Waals surface area contributed by atoms with Gasteiger partial charge in [0.2, 0.25) is 22.7 Å². The summed E-state index contributed by atoms with van der Waals surface area (Å²) in [4.78, 5) is 20.3. The van der Waals surface area contributed by atoms with E-state index in [1.165, 1.54) is 0 Å². The molecule has 3 aliphatic heterocycles. The minimum absolute atomic E-state index is 0.0284. The first-order chi connectivity index (χ1) is 18.5. The Bertz CT molecular complexity index is 1450. The van der Waals surface area contributed by atoms with Crippen molar-refractivity contribution in [3.05, 3.63) is 54.1 Å². The third-order valence-corrected chi connectivity index (χ3v) is 9.51. The number of hydrogen-bond donors (Lipinski definition) is 1. The van der Waals surface area contributed by atoms with Crippen molar-refractivity contribution in [1.82, 2.24) is 14.6 Å². The van der Waals surface area contributed by atoms with Crippen LogP contribution in [-0.4, -0.2) is 56.6 Å². The largest absolute Gasteiger partial charge is 0.454 e. The Balaban J connectivity index is 1.12. The maximum atomic E-state index is 13.1. The maximum Gasteiger partial charge on any atom is 0.243 e. The van der Waals surface area contributed by atoms with Crippen LogP contribution in [0.15, 0.2) is 53.4 Å². The molecule has 0 radical (unpaired) electrons. The molecule has 1 amide bonds. The van der Waals surface area contributed by atoms with Gasteiger partial charge in [0, 0.05) is 38.1 Å². The van der Waals surface area contributed by atoms with Gasteiger partial charge >= 0.3 is 0 Å². The van der Waals surface area contributed by atoms with Gasteiger partial charge < -0.3 is 19.7 Å². The zero-order valence-corrected chi connectivity index (χ0v) is 22.1. The smallest absolute Gasteiger partial charge is 0.243 e. The standard InChI is InChI=1S/C28H32N4O5S/c33-28(29-17-20-6-10-25-26(15-20)37-19-36-25)22-5-4-12-31(18-22)27-11-7-21-16-23(8-9-24(21)30-27)38(34,35)32-13-2-1-3-14-32/h6-11,15-16,22H,1-5,12-14,17-19H2,(H,29,33)/t22-/m0/s1. The van der Waals surface area contributed by atoms with Gasteiger partial charge in [0.15, 0.2) is 11.5 Å². The highest BCUT2D eigenvalue weighted by atomic mass is 32.2. The lowest BCUT2D eigenvalue weighted by Crippen LogP contribution is -2.43. The van der Waals surface area contributed by atoms with Crippen molar-refractivity contribution in [2.75, 3.05) is 37.9 Å². The Labute approximate surface area is 222 Å². The summed E-state index contributed by atoms with van der Waals surface area (Å²) in [6, 6.07) is 14.7. The molecule has 0 unspecified atom stereocenters. The first kappa shape index (κ1) is 24.9. The van der Waals surface area contributed by atoms with Crippen LogP contribution >= 0.6 is 0 Å². The molecule has 38 heavy (non-hydrogen) atoms. The molecule has 0 saturated carbocycles. The molecule has 0 bridgehead atoms. The number of piperidine rings is 2. The van der Waals surface area contributed by atoms with Crippen LogP contribution in [-0.2, 0) is 21.4 Å². The van der Waals surface area contributed by atoms with Gasteiger partial charge in [-0.25, -0.2) is 13.4 Å². The molecular weight excluding hydrogens is 504 g/mol. The van der Waals surface area contributed by atoms with Crippen molar-refractivity contribution in [1.29, 1.82) is 0 Å². The molecule has 4 heterocycles. The number of nitrogens with zero attached hydrogens (tertiary/aromatic N) is 3. The third kappa shape index (κ3) is 5.02. The van der Waals surface area contributed by atoms with E-state index in [2.05, 4.69) is 10.2 Å². The number of anilines is 1. The van der Waals surface area contributed by atoms with Crippen LogP contribution in [0.5, 0.6) is 11.5 Å². The van der Waals surface area contributed by atoms with E-state index in [1.807, 2.05) is 30.3 Å². The predicted octanol–water partition coefficient (Wildman–Crippen LogP) is 3.67. The van der Waals surface area contributed by atoms with Crippen molar-refractivity contribution in [3.63, 3.8) is 0 Å². The van der Waals surface area contributed by atoms with Crippen LogP contribution < -0.4 is 19.7 Å². The van der Waals surface area contributed by atoms with E-state index in [-0.39, 0.29) is 18.6 Å². The summed E-state index contributed by atoms with van der Waals surface area (Å²) in [7, 11) is -3.49. The van der Waals surface area contributed by atoms with Crippen LogP contribution in [0.3, 0.4) is 0 Å². The van der Waals surface area contributed by atoms with Crippen LogP contribution in [0, 0.1) is 5.92 Å². The molecule has 2 fully saturated rings. The second-order valence-electron chi connectivity index (χ2n) is 10.2. The summed E-state index contributed by atoms with van der Waals surface area (Å²) in [6.45, 7) is 3.24. The number of pyridine rings is 1. The fourth-order valence-electron chi connectivity index (χ4n) is 5.47. The van der Waals surface area contributed by atoms with Gasteiger partial charge in [-0.15, -0.1) is 0 Å². The molecule has 3 aliphatic rings. The Morgan fingerprint density at radius 1 is 0.947 bits per heavy atom. The van der Waals surface area contributed by atoms with Gasteiger partial charge in [-0.2, -0.15) is 4.31 Å². The zero-order chi connectivity index (χ0) is 26.1. The lowest BCUT2D eigenvalue weighted by Gasteiger charge is -2.33. The van der Waals surface area contributed by atoms with E-state index < -0.39 is 10.0 Å². The molecule has 2 aromatic carbocycles. The van der Waals surface area contributed by atoms with Crippen LogP contribution in [0.2, 0.25) is 0 Å². The summed E-state index contributed by atoms with van der Waals surface area (Å²) in [6.07, 6.45) is 4.62. The van der Waals surface area contributed by atoms with Gasteiger partial charge in [0.25, 0.3) is 0 Å². The normalized spacial score (nSPS) is 20.0. The monoisotopic (exact) mass is 536 g/mol. The number of carbonyl (C=O) groups excluding carboxylic acids is 1. The summed E-state index contributed by atoms with van der Waals surface area (Å²) >= 11 is 0. The van der Waals surface area contributed by atoms with Crippen molar-refractivity contribution in [3.8, 4) is 11.5 Å². The number of rotatable bonds is 6. The molecule has 10 heteroatoms. The maximum absolute atomic E-state index is 13.1. The molecule has 1 N–H and O–H groups in total. The summed E-state index contributed by atoms with van der Waals surface area (Å²) in [5.74, 6) is 2.13. The fraction of sp³-hybridized carbons (Fsp3) is 0.429. The van der Waals surface area contributed by atoms with E-state index >= 15 is 0 Å². The first-order valence-electron chi connectivity index (χ1n) is 13.3. The summed E-state index contributed by atoms with van der Waals surface area (Å²) < 4.78 is 38.5. The third-order valence-electron chi connectivity index (χ3n) is 7.62. The van der Waals surface area contributed by atoms with E-state index in [9.17, 15) is 13.2 Å². The van der Waals surface area contributed by atoms with Crippen molar-refractivity contribution in [2.24, 2.45) is 5.92 Å². The molecule has 3 aromatic rings. The minimum Gasteiger partial charge on any atom is -0.454 e. The number of ether oxygens (including phenoxy) is 2. The highest BCUT2D eigenvalue weighted by Crippen LogP contribution is 2.32. The van der Waals surface area contributed by atoms with Crippen LogP contribution in [0.25, 0.3) is 10.9 Å². The molecule has 9 nitrogen and oxygen atoms in total. The molecule has 1 aromatic heterocycles. The van der Waals surface area contributed by atoms with Gasteiger partial charge in [-0.1, -0.05) is 12.5 Å². The number of nitrogens with one attached hydrogen (secondary N) is 1. The Morgan fingerprint density at radius 2 is 1.79 bits per heavy atom. The number of benzene rings is 2. The summed E-state index contributed by atoms with van der Waals surface area (Å²) in [5.41, 5.74) is 1.71. The molecule has 6 rings (SSSR count). The number of carbonyl (C=O) groups is 1. The molecule has 2 saturated heterocycles. The zero-order valence-electron chi connectivity index (χ0n) is 21.3. The Hall–Kier alpha value is -3.37. The molecule has 1 atom stereocenters. The SMILES string of the molecule is O=C(NCc1ccc2c(c1)OCO2)[C@H]1CCCN(c2ccc3cc(S(=O)(=O)N4CCCCC4)ccc3n2)C1. The Kier molecular flexibility index (Phi) is 6.84. The second kappa shape index (κ2) is 10.4. The lowest BCUT2D eigenvalue weighted by atomic mass is 9.97. The van der Waals surface area contributed by atoms with Crippen molar-refractivity contribution < 1.29 is 22.7 Å². The summed E-state index contributed by atoms with van der Waals surface area (Å²) in [5, 5.41) is 3.86. The van der Waals surface area contributed by atoms with Crippen LogP contribution in [0.4, 0.5) is 5.82 Å². The van der Waals surface area contributed by atoms with E-state index in [4.69, 9.17) is 14.5 Å². The quantitative estimate of drug-likeness (QED) is 0.513. The fourth-order valence-corrected chi connectivity index (χ4v) is 7.02. The van der Waals surface area contributed by atoms with Crippen molar-refractivity contribution >= 4 is 32.7 Å². The second-order valence-corrected chi connectivity index (χ2v) is 12.1. The number of aromatic nitrogens is 1. The molecule has 0 spiro atoms. The number of amides is 1. The predicted molar refractivity (Wildman–Crippen MR) is 144 cm³/mol. The number of hydrogen-bond acceptors (Lipinski definition) is 7. The topological polar surface area (TPSA) is 101 Å².